The third-order valence-electron chi connectivity index (χ3n) is 5.21. The molecule has 4 rings (SSSR count). The number of amides is 1. The number of fused-ring (bicyclic) bond motifs is 1. The van der Waals surface area contributed by atoms with Crippen LogP contribution in [0.5, 0.6) is 0 Å². The van der Waals surface area contributed by atoms with E-state index in [9.17, 15) is 9.90 Å². The van der Waals surface area contributed by atoms with Crippen molar-refractivity contribution in [2.24, 2.45) is 0 Å². The average molecular weight is 325 g/mol. The first-order valence-electron chi connectivity index (χ1n) is 8.72. The molecule has 0 radical (unpaired) electrons. The van der Waals surface area contributed by atoms with Crippen LogP contribution in [-0.4, -0.2) is 64.1 Å². The highest BCUT2D eigenvalue weighted by atomic mass is 16.3. The third kappa shape index (κ3) is 2.89. The second kappa shape index (κ2) is 6.15. The maximum atomic E-state index is 12.9. The van der Waals surface area contributed by atoms with Crippen LogP contribution in [-0.2, 0) is 0 Å². The van der Waals surface area contributed by atoms with Crippen molar-refractivity contribution in [3.8, 4) is 0 Å². The number of carbonyl (C=O) groups is 1. The zero-order valence-electron chi connectivity index (χ0n) is 13.8. The van der Waals surface area contributed by atoms with Gasteiger partial charge in [0.2, 0.25) is 0 Å². The van der Waals surface area contributed by atoms with Gasteiger partial charge in [-0.3, -0.25) is 9.78 Å². The number of β-amino-alcohol motifs (C(OH)–C–C–N with tert-alkyl or cyclic N) is 1. The summed E-state index contributed by atoms with van der Waals surface area (Å²) in [5.41, 5.74) is -0.302. The van der Waals surface area contributed by atoms with Crippen molar-refractivity contribution in [2.45, 2.75) is 24.9 Å². The van der Waals surface area contributed by atoms with E-state index in [1.807, 2.05) is 30.3 Å². The van der Waals surface area contributed by atoms with Gasteiger partial charge in [-0.2, -0.15) is 0 Å². The number of benzene rings is 1. The molecular formula is C19H23N3O2. The van der Waals surface area contributed by atoms with Gasteiger partial charge < -0.3 is 14.9 Å². The lowest BCUT2D eigenvalue weighted by molar-refractivity contribution is 0.0175. The van der Waals surface area contributed by atoms with Crippen molar-refractivity contribution in [3.63, 3.8) is 0 Å². The summed E-state index contributed by atoms with van der Waals surface area (Å²) in [5.74, 6) is -0.0795. The molecule has 2 aliphatic heterocycles. The van der Waals surface area contributed by atoms with Crippen molar-refractivity contribution in [2.75, 3.05) is 32.7 Å². The molecule has 2 aromatic rings. The maximum absolute atomic E-state index is 12.9. The largest absolute Gasteiger partial charge is 0.387 e. The summed E-state index contributed by atoms with van der Waals surface area (Å²) >= 11 is 0. The predicted octanol–water partition coefficient (Wildman–Crippen LogP) is 1.91. The second-order valence-corrected chi connectivity index (χ2v) is 7.06. The van der Waals surface area contributed by atoms with Crippen LogP contribution in [0.4, 0.5) is 0 Å². The Kier molecular flexibility index (Phi) is 3.98. The van der Waals surface area contributed by atoms with E-state index < -0.39 is 5.60 Å². The number of carbonyl (C=O) groups excluding carboxylic acids is 1. The molecule has 1 amide bonds. The van der Waals surface area contributed by atoms with Gasteiger partial charge in [0.15, 0.2) is 0 Å². The highest BCUT2D eigenvalue weighted by Gasteiger charge is 2.40. The molecule has 126 valence electrons. The highest BCUT2D eigenvalue weighted by molar-refractivity contribution is 6.05. The van der Waals surface area contributed by atoms with Gasteiger partial charge in [-0.05, 0) is 43.8 Å². The van der Waals surface area contributed by atoms with Crippen LogP contribution in [0.15, 0.2) is 36.5 Å². The minimum atomic E-state index is -0.787. The number of hydrogen-bond donors (Lipinski definition) is 1. The van der Waals surface area contributed by atoms with Crippen molar-refractivity contribution in [3.05, 3.63) is 42.2 Å². The van der Waals surface area contributed by atoms with Gasteiger partial charge in [0.05, 0.1) is 12.1 Å². The molecule has 2 aliphatic rings. The predicted molar refractivity (Wildman–Crippen MR) is 92.9 cm³/mol. The lowest BCUT2D eigenvalue weighted by Gasteiger charge is -2.28. The van der Waals surface area contributed by atoms with Crippen molar-refractivity contribution >= 4 is 16.7 Å². The number of aliphatic hydroxyl groups is 1. The minimum Gasteiger partial charge on any atom is -0.387 e. The van der Waals surface area contributed by atoms with E-state index >= 15 is 0 Å². The van der Waals surface area contributed by atoms with Crippen molar-refractivity contribution < 1.29 is 9.90 Å². The summed E-state index contributed by atoms with van der Waals surface area (Å²) in [6.45, 7) is 3.77. The lowest BCUT2D eigenvalue weighted by atomic mass is 10.0. The molecule has 2 saturated heterocycles. The normalized spacial score (nSPS) is 24.8. The summed E-state index contributed by atoms with van der Waals surface area (Å²) in [4.78, 5) is 21.3. The Labute approximate surface area is 141 Å². The molecule has 1 aromatic carbocycles. The van der Waals surface area contributed by atoms with Crippen LogP contribution < -0.4 is 0 Å². The Hall–Kier alpha value is -1.98. The Morgan fingerprint density at radius 2 is 1.96 bits per heavy atom. The van der Waals surface area contributed by atoms with E-state index in [1.54, 1.807) is 11.1 Å². The number of rotatable bonds is 3. The van der Waals surface area contributed by atoms with Gasteiger partial charge >= 0.3 is 0 Å². The minimum absolute atomic E-state index is 0.0795. The topological polar surface area (TPSA) is 56.7 Å². The van der Waals surface area contributed by atoms with E-state index in [0.717, 1.165) is 23.9 Å². The van der Waals surface area contributed by atoms with Gasteiger partial charge in [-0.25, -0.2) is 0 Å². The first-order valence-corrected chi connectivity index (χ1v) is 8.72. The summed E-state index contributed by atoms with van der Waals surface area (Å²) in [6.07, 6.45) is 4.74. The highest BCUT2D eigenvalue weighted by Crippen LogP contribution is 2.26. The number of nitrogens with zero attached hydrogens (tertiary/aromatic N) is 3. The first kappa shape index (κ1) is 15.5. The van der Waals surface area contributed by atoms with Crippen LogP contribution in [0, 0.1) is 0 Å². The average Bonchev–Trinajstić information content (AvgIpc) is 3.24. The molecule has 0 saturated carbocycles. The maximum Gasteiger partial charge on any atom is 0.273 e. The molecule has 1 unspecified atom stereocenters. The second-order valence-electron chi connectivity index (χ2n) is 7.06. The summed E-state index contributed by atoms with van der Waals surface area (Å²) < 4.78 is 0. The fourth-order valence-electron chi connectivity index (χ4n) is 3.96. The smallest absolute Gasteiger partial charge is 0.273 e. The van der Waals surface area contributed by atoms with E-state index in [0.29, 0.717) is 31.7 Å². The van der Waals surface area contributed by atoms with Gasteiger partial charge in [0, 0.05) is 24.7 Å². The molecule has 2 fully saturated rings. The Morgan fingerprint density at radius 1 is 1.17 bits per heavy atom. The molecule has 3 heterocycles. The zero-order valence-corrected chi connectivity index (χ0v) is 13.8. The van der Waals surface area contributed by atoms with Crippen LogP contribution in [0.1, 0.15) is 29.8 Å². The SMILES string of the molecule is O=C(c1nccc2ccccc12)N1CCC(O)(CN2CCCC2)C1. The van der Waals surface area contributed by atoms with Crippen LogP contribution in [0.25, 0.3) is 10.8 Å². The van der Waals surface area contributed by atoms with Gasteiger partial charge in [0.25, 0.3) is 5.91 Å². The number of pyridine rings is 1. The third-order valence-corrected chi connectivity index (χ3v) is 5.21. The van der Waals surface area contributed by atoms with Gasteiger partial charge in [0.1, 0.15) is 5.69 Å². The van der Waals surface area contributed by atoms with E-state index in [-0.39, 0.29) is 5.91 Å². The molecule has 24 heavy (non-hydrogen) atoms. The summed E-state index contributed by atoms with van der Waals surface area (Å²) in [5, 5.41) is 12.8. The monoisotopic (exact) mass is 325 g/mol. The molecular weight excluding hydrogens is 302 g/mol. The zero-order chi connectivity index (χ0) is 16.6. The lowest BCUT2D eigenvalue weighted by Crippen LogP contribution is -2.45. The molecule has 1 atom stereocenters. The van der Waals surface area contributed by atoms with Gasteiger partial charge in [-0.1, -0.05) is 24.3 Å². The molecule has 5 heteroatoms. The summed E-state index contributed by atoms with van der Waals surface area (Å²) in [6, 6.07) is 9.72. The molecule has 1 aromatic heterocycles. The quantitative estimate of drug-likeness (QED) is 0.936. The van der Waals surface area contributed by atoms with E-state index in [2.05, 4.69) is 9.88 Å². The molecule has 0 spiro atoms. The first-order chi connectivity index (χ1) is 11.6. The fourth-order valence-corrected chi connectivity index (χ4v) is 3.96. The van der Waals surface area contributed by atoms with E-state index in [1.165, 1.54) is 12.8 Å². The Morgan fingerprint density at radius 3 is 2.79 bits per heavy atom. The molecule has 0 aliphatic carbocycles. The molecule has 0 bridgehead atoms. The molecule has 1 N–H and O–H groups in total. The fraction of sp³-hybridized carbons (Fsp3) is 0.474. The Bertz CT molecular complexity index is 752. The van der Waals surface area contributed by atoms with Crippen molar-refractivity contribution in [1.29, 1.82) is 0 Å². The van der Waals surface area contributed by atoms with Crippen LogP contribution in [0.3, 0.4) is 0 Å². The van der Waals surface area contributed by atoms with Crippen LogP contribution in [0.2, 0.25) is 0 Å². The number of likely N-dealkylation sites (tertiary alicyclic amines) is 2. The van der Waals surface area contributed by atoms with Crippen LogP contribution >= 0.6 is 0 Å². The van der Waals surface area contributed by atoms with E-state index in [4.69, 9.17) is 0 Å². The summed E-state index contributed by atoms with van der Waals surface area (Å²) in [7, 11) is 0. The van der Waals surface area contributed by atoms with Crippen molar-refractivity contribution in [1.82, 2.24) is 14.8 Å². The number of aromatic nitrogens is 1. The Balaban J connectivity index is 1.52. The standard InChI is InChI=1S/C19H23N3O2/c23-18(17-16-6-2-1-5-15(16)7-9-20-17)22-12-8-19(24,14-22)13-21-10-3-4-11-21/h1-2,5-7,9,24H,3-4,8,10-14H2. The van der Waals surface area contributed by atoms with Gasteiger partial charge in [-0.15, -0.1) is 0 Å². The number of hydrogen-bond acceptors (Lipinski definition) is 4. The molecule has 5 nitrogen and oxygen atoms in total.